The van der Waals surface area contributed by atoms with Crippen LogP contribution in [0.25, 0.3) is 0 Å². The van der Waals surface area contributed by atoms with Crippen molar-refractivity contribution in [2.75, 3.05) is 6.61 Å². The fraction of sp³-hybridized carbons (Fsp3) is 0.333. The first-order chi connectivity index (χ1) is 5.13. The van der Waals surface area contributed by atoms with Crippen molar-refractivity contribution in [3.8, 4) is 6.07 Å². The van der Waals surface area contributed by atoms with Gasteiger partial charge >= 0.3 is 5.95 Å². The van der Waals surface area contributed by atoms with Crippen LogP contribution in [0.2, 0.25) is 0 Å². The fourth-order valence-corrected chi connectivity index (χ4v) is 0.417. The average Bonchev–Trinajstić information content (AvgIpc) is 1.88. The first-order valence-corrected chi connectivity index (χ1v) is 2.89. The van der Waals surface area contributed by atoms with Gasteiger partial charge in [0.25, 0.3) is 5.91 Å². The van der Waals surface area contributed by atoms with Gasteiger partial charge in [0.05, 0.1) is 6.61 Å². The maximum atomic E-state index is 10.3. The van der Waals surface area contributed by atoms with Gasteiger partial charge in [0, 0.05) is 0 Å². The molecule has 0 atom stereocenters. The van der Waals surface area contributed by atoms with Gasteiger partial charge in [-0.3, -0.25) is 4.79 Å². The van der Waals surface area contributed by atoms with E-state index in [0.29, 0.717) is 0 Å². The summed E-state index contributed by atoms with van der Waals surface area (Å²) >= 11 is 0. The molecule has 0 saturated carbocycles. The number of hydrogen-bond donors (Lipinski definition) is 2. The van der Waals surface area contributed by atoms with E-state index in [1.807, 2.05) is 0 Å². The number of rotatable bonds is 3. The van der Waals surface area contributed by atoms with Crippen molar-refractivity contribution in [3.63, 3.8) is 0 Å². The number of hydrogen-bond acceptors (Lipinski definition) is 4. The summed E-state index contributed by atoms with van der Waals surface area (Å²) in [7, 11) is 0. The van der Waals surface area contributed by atoms with Crippen LogP contribution in [0, 0.1) is 11.3 Å². The van der Waals surface area contributed by atoms with Gasteiger partial charge in [0.2, 0.25) is 0 Å². The van der Waals surface area contributed by atoms with Gasteiger partial charge in [-0.1, -0.05) is 0 Å². The minimum atomic E-state index is -1.00. The second-order valence-electron chi connectivity index (χ2n) is 1.59. The quantitative estimate of drug-likeness (QED) is 0.336. The van der Waals surface area contributed by atoms with Crippen molar-refractivity contribution in [1.29, 1.82) is 5.26 Å². The number of carbonyl (C=O) groups is 1. The molecule has 0 aromatic heterocycles. The van der Waals surface area contributed by atoms with E-state index in [-0.39, 0.29) is 6.61 Å². The van der Waals surface area contributed by atoms with Gasteiger partial charge in [-0.15, -0.1) is 0 Å². The molecule has 5 nitrogen and oxygen atoms in total. The Morgan fingerprint density at radius 3 is 2.64 bits per heavy atom. The van der Waals surface area contributed by atoms with Crippen molar-refractivity contribution in [2.45, 2.75) is 6.92 Å². The molecule has 1 amide bonds. The monoisotopic (exact) mass is 156 g/mol. The molecule has 0 aliphatic carbocycles. The number of nitrogens with two attached hydrogens (primary N) is 1. The third kappa shape index (κ3) is 2.58. The third-order valence-corrected chi connectivity index (χ3v) is 0.853. The van der Waals surface area contributed by atoms with Crippen LogP contribution in [0.4, 0.5) is 0 Å². The molecule has 11 heavy (non-hydrogen) atoms. The standard InChI is InChI=1S/C6H8N2O3/c1-2-11-6(10)4(3-7)5(8)9/h10H,2H2,1H3,(H2,8,9)/b6-4-. The van der Waals surface area contributed by atoms with Crippen LogP contribution in [0.3, 0.4) is 0 Å². The number of aliphatic hydroxyl groups excluding tert-OH is 1. The summed E-state index contributed by atoms with van der Waals surface area (Å²) in [6, 6.07) is 1.42. The Labute approximate surface area is 63.7 Å². The Hall–Kier alpha value is -1.70. The number of nitrogens with zero attached hydrogens (tertiary/aromatic N) is 1. The Morgan fingerprint density at radius 1 is 1.82 bits per heavy atom. The van der Waals surface area contributed by atoms with E-state index < -0.39 is 17.4 Å². The molecule has 3 N–H and O–H groups in total. The third-order valence-electron chi connectivity index (χ3n) is 0.853. The lowest BCUT2D eigenvalue weighted by atomic mass is 10.3. The number of ether oxygens (including phenoxy) is 1. The van der Waals surface area contributed by atoms with E-state index >= 15 is 0 Å². The summed E-state index contributed by atoms with van der Waals surface area (Å²) in [5.41, 5.74) is 4.16. The van der Waals surface area contributed by atoms with Gasteiger partial charge in [0.15, 0.2) is 5.57 Å². The number of primary amides is 1. The lowest BCUT2D eigenvalue weighted by Crippen LogP contribution is -2.15. The maximum Gasteiger partial charge on any atom is 0.301 e. The molecule has 0 fully saturated rings. The second-order valence-corrected chi connectivity index (χ2v) is 1.59. The second kappa shape index (κ2) is 4.17. The van der Waals surface area contributed by atoms with Gasteiger partial charge in [0.1, 0.15) is 6.07 Å². The molecule has 0 rings (SSSR count). The highest BCUT2D eigenvalue weighted by Gasteiger charge is 2.11. The summed E-state index contributed by atoms with van der Waals surface area (Å²) in [5, 5.41) is 17.1. The first kappa shape index (κ1) is 9.30. The van der Waals surface area contributed by atoms with E-state index in [4.69, 9.17) is 16.1 Å². The molecule has 0 spiro atoms. The zero-order valence-corrected chi connectivity index (χ0v) is 6.00. The molecule has 0 saturated heterocycles. The van der Waals surface area contributed by atoms with E-state index in [2.05, 4.69) is 4.74 Å². The van der Waals surface area contributed by atoms with E-state index in [0.717, 1.165) is 0 Å². The molecule has 0 bridgehead atoms. The Kier molecular flexibility index (Phi) is 3.52. The number of amides is 1. The average molecular weight is 156 g/mol. The lowest BCUT2D eigenvalue weighted by Gasteiger charge is -2.00. The summed E-state index contributed by atoms with van der Waals surface area (Å²) in [5.74, 6) is -1.72. The fourth-order valence-electron chi connectivity index (χ4n) is 0.417. The Bertz CT molecular complexity index is 226. The molecule has 0 aromatic rings. The summed E-state index contributed by atoms with van der Waals surface area (Å²) < 4.78 is 4.47. The zero-order chi connectivity index (χ0) is 8.85. The zero-order valence-electron chi connectivity index (χ0n) is 6.00. The molecular formula is C6H8N2O3. The van der Waals surface area contributed by atoms with Crippen molar-refractivity contribution in [1.82, 2.24) is 0 Å². The van der Waals surface area contributed by atoms with Crippen LogP contribution in [0.5, 0.6) is 0 Å². The maximum absolute atomic E-state index is 10.3. The molecule has 5 heteroatoms. The van der Waals surface area contributed by atoms with Crippen LogP contribution in [-0.4, -0.2) is 17.6 Å². The summed E-state index contributed by atoms with van der Waals surface area (Å²) in [6.45, 7) is 1.77. The smallest absolute Gasteiger partial charge is 0.301 e. The summed E-state index contributed by atoms with van der Waals surface area (Å²) in [6.07, 6.45) is 0. The highest BCUT2D eigenvalue weighted by Crippen LogP contribution is 2.00. The van der Waals surface area contributed by atoms with Crippen molar-refractivity contribution in [3.05, 3.63) is 11.5 Å². The molecular weight excluding hydrogens is 148 g/mol. The lowest BCUT2D eigenvalue weighted by molar-refractivity contribution is -0.114. The first-order valence-electron chi connectivity index (χ1n) is 2.89. The SMILES string of the molecule is CCO/C(O)=C(/C#N)C(N)=O. The summed E-state index contributed by atoms with van der Waals surface area (Å²) in [4.78, 5) is 10.3. The predicted octanol–water partition coefficient (Wildman–Crippen LogP) is -0.199. The van der Waals surface area contributed by atoms with E-state index in [1.165, 1.54) is 6.07 Å². The minimum Gasteiger partial charge on any atom is -0.480 e. The molecule has 0 aliphatic heterocycles. The minimum absolute atomic E-state index is 0.171. The van der Waals surface area contributed by atoms with Crippen LogP contribution in [0.15, 0.2) is 11.5 Å². The van der Waals surface area contributed by atoms with Gasteiger partial charge in [-0.2, -0.15) is 5.26 Å². The predicted molar refractivity (Wildman–Crippen MR) is 36.1 cm³/mol. The van der Waals surface area contributed by atoms with Crippen LogP contribution >= 0.6 is 0 Å². The highest BCUT2D eigenvalue weighted by molar-refractivity contribution is 5.96. The number of aliphatic hydroxyl groups is 1. The number of nitriles is 1. The van der Waals surface area contributed by atoms with Crippen LogP contribution in [0.1, 0.15) is 6.92 Å². The van der Waals surface area contributed by atoms with E-state index in [1.54, 1.807) is 6.92 Å². The van der Waals surface area contributed by atoms with Crippen molar-refractivity contribution >= 4 is 5.91 Å². The Balaban J connectivity index is 4.58. The van der Waals surface area contributed by atoms with Gasteiger partial charge in [-0.05, 0) is 6.92 Å². The number of carbonyl (C=O) groups excluding carboxylic acids is 1. The molecule has 0 radical (unpaired) electrons. The molecule has 0 aliphatic rings. The van der Waals surface area contributed by atoms with Gasteiger partial charge in [-0.25, -0.2) is 0 Å². The van der Waals surface area contributed by atoms with Crippen molar-refractivity contribution in [2.24, 2.45) is 5.73 Å². The normalized spacial score (nSPS) is 11.3. The topological polar surface area (TPSA) is 96.3 Å². The molecule has 0 unspecified atom stereocenters. The van der Waals surface area contributed by atoms with E-state index in [9.17, 15) is 4.79 Å². The van der Waals surface area contributed by atoms with Crippen molar-refractivity contribution < 1.29 is 14.6 Å². The van der Waals surface area contributed by atoms with Crippen LogP contribution < -0.4 is 5.73 Å². The van der Waals surface area contributed by atoms with Crippen LogP contribution in [-0.2, 0) is 9.53 Å². The highest BCUT2D eigenvalue weighted by atomic mass is 16.6. The van der Waals surface area contributed by atoms with Gasteiger partial charge < -0.3 is 15.6 Å². The molecule has 0 aromatic carbocycles. The Morgan fingerprint density at radius 2 is 2.36 bits per heavy atom. The molecule has 60 valence electrons. The molecule has 0 heterocycles. The largest absolute Gasteiger partial charge is 0.480 e.